The Morgan fingerprint density at radius 1 is 1.21 bits per heavy atom. The zero-order valence-corrected chi connectivity index (χ0v) is 16.8. The molecule has 2 aliphatic rings. The van der Waals surface area contributed by atoms with Crippen LogP contribution in [-0.4, -0.2) is 68.1 Å². The second-order valence-electron chi connectivity index (χ2n) is 7.19. The topological polar surface area (TPSA) is 61.9 Å². The van der Waals surface area contributed by atoms with E-state index >= 15 is 0 Å². The van der Waals surface area contributed by atoms with Gasteiger partial charge in [0, 0.05) is 43.7 Å². The van der Waals surface area contributed by atoms with E-state index in [1.54, 1.807) is 23.3 Å². The molecule has 2 aromatic rings. The number of fused-ring (bicyclic) bond motifs is 1. The van der Waals surface area contributed by atoms with Crippen LogP contribution in [0, 0.1) is 0 Å². The first kappa shape index (κ1) is 19.1. The molecule has 1 aromatic carbocycles. The van der Waals surface area contributed by atoms with Crippen molar-refractivity contribution in [2.75, 3.05) is 46.4 Å². The van der Waals surface area contributed by atoms with E-state index in [9.17, 15) is 9.59 Å². The summed E-state index contributed by atoms with van der Waals surface area (Å²) in [6.07, 6.45) is 0. The number of nitrogens with zero attached hydrogens (tertiary/aromatic N) is 2. The SMILES string of the molecule is CN1C(=O)c2ccccc2C(C(=O)NCCN2CCOCC2)C1c1cccs1. The number of amides is 2. The minimum absolute atomic E-state index is 0.0292. The van der Waals surface area contributed by atoms with Crippen molar-refractivity contribution in [3.05, 3.63) is 57.8 Å². The Balaban J connectivity index is 1.56. The molecule has 3 heterocycles. The van der Waals surface area contributed by atoms with Gasteiger partial charge in [0.25, 0.3) is 5.91 Å². The minimum Gasteiger partial charge on any atom is -0.379 e. The summed E-state index contributed by atoms with van der Waals surface area (Å²) in [6, 6.07) is 11.2. The number of morpholine rings is 1. The van der Waals surface area contributed by atoms with Crippen LogP contribution >= 0.6 is 11.3 Å². The predicted octanol–water partition coefficient (Wildman–Crippen LogP) is 2.11. The molecule has 7 heteroatoms. The van der Waals surface area contributed by atoms with Crippen LogP contribution in [0.3, 0.4) is 0 Å². The van der Waals surface area contributed by atoms with Crippen molar-refractivity contribution in [2.24, 2.45) is 0 Å². The van der Waals surface area contributed by atoms with Gasteiger partial charge in [-0.2, -0.15) is 0 Å². The predicted molar refractivity (Wildman–Crippen MR) is 109 cm³/mol. The van der Waals surface area contributed by atoms with Gasteiger partial charge in [-0.1, -0.05) is 24.3 Å². The lowest BCUT2D eigenvalue weighted by atomic mass is 9.82. The number of carbonyl (C=O) groups is 2. The molecule has 0 spiro atoms. The van der Waals surface area contributed by atoms with Gasteiger partial charge in [0.2, 0.25) is 5.91 Å². The fourth-order valence-corrected chi connectivity index (χ4v) is 4.95. The summed E-state index contributed by atoms with van der Waals surface area (Å²) < 4.78 is 5.37. The second-order valence-corrected chi connectivity index (χ2v) is 8.17. The van der Waals surface area contributed by atoms with E-state index in [2.05, 4.69) is 10.2 Å². The molecule has 28 heavy (non-hydrogen) atoms. The number of hydrogen-bond acceptors (Lipinski definition) is 5. The lowest BCUT2D eigenvalue weighted by molar-refractivity contribution is -0.124. The van der Waals surface area contributed by atoms with Crippen molar-refractivity contribution in [1.82, 2.24) is 15.1 Å². The average Bonchev–Trinajstić information content (AvgIpc) is 3.25. The quantitative estimate of drug-likeness (QED) is 0.837. The highest BCUT2D eigenvalue weighted by atomic mass is 32.1. The number of likely N-dealkylation sites (N-methyl/N-ethyl adjacent to an activating group) is 1. The third kappa shape index (κ3) is 3.70. The molecule has 0 bridgehead atoms. The van der Waals surface area contributed by atoms with Crippen molar-refractivity contribution in [2.45, 2.75) is 12.0 Å². The average molecular weight is 400 g/mol. The van der Waals surface area contributed by atoms with Gasteiger partial charge >= 0.3 is 0 Å². The molecule has 2 unspecified atom stereocenters. The van der Waals surface area contributed by atoms with Gasteiger partial charge in [-0.25, -0.2) is 0 Å². The van der Waals surface area contributed by atoms with Crippen LogP contribution in [0.5, 0.6) is 0 Å². The van der Waals surface area contributed by atoms with E-state index in [-0.39, 0.29) is 17.9 Å². The van der Waals surface area contributed by atoms with Gasteiger partial charge in [0.15, 0.2) is 0 Å². The van der Waals surface area contributed by atoms with E-state index in [0.717, 1.165) is 43.3 Å². The first-order valence-corrected chi connectivity index (χ1v) is 10.5. The molecule has 0 radical (unpaired) electrons. The maximum Gasteiger partial charge on any atom is 0.254 e. The van der Waals surface area contributed by atoms with Crippen LogP contribution in [0.15, 0.2) is 41.8 Å². The summed E-state index contributed by atoms with van der Waals surface area (Å²) in [6.45, 7) is 4.69. The highest BCUT2D eigenvalue weighted by Gasteiger charge is 2.42. The first-order chi connectivity index (χ1) is 13.7. The fraction of sp³-hybridized carbons (Fsp3) is 0.429. The summed E-state index contributed by atoms with van der Waals surface area (Å²) in [5, 5.41) is 5.10. The molecular weight excluding hydrogens is 374 g/mol. The molecule has 1 fully saturated rings. The Morgan fingerprint density at radius 3 is 2.75 bits per heavy atom. The largest absolute Gasteiger partial charge is 0.379 e. The summed E-state index contributed by atoms with van der Waals surface area (Å²) in [7, 11) is 1.79. The lowest BCUT2D eigenvalue weighted by Gasteiger charge is -2.39. The van der Waals surface area contributed by atoms with Crippen LogP contribution in [0.1, 0.15) is 32.8 Å². The summed E-state index contributed by atoms with van der Waals surface area (Å²) in [5.41, 5.74) is 1.43. The fourth-order valence-electron chi connectivity index (χ4n) is 4.04. The molecule has 2 atom stereocenters. The second kappa shape index (κ2) is 8.43. The number of carbonyl (C=O) groups excluding carboxylic acids is 2. The Bertz CT molecular complexity index is 833. The summed E-state index contributed by atoms with van der Waals surface area (Å²) in [5.74, 6) is -0.480. The van der Waals surface area contributed by atoms with Crippen molar-refractivity contribution >= 4 is 23.2 Å². The van der Waals surface area contributed by atoms with Crippen LogP contribution < -0.4 is 5.32 Å². The van der Waals surface area contributed by atoms with E-state index < -0.39 is 5.92 Å². The van der Waals surface area contributed by atoms with Gasteiger partial charge < -0.3 is 15.0 Å². The Labute approximate surface area is 169 Å². The standard InChI is InChI=1S/C21H25N3O3S/c1-23-19(17-7-4-14-28-17)18(15-5-2-3-6-16(15)21(23)26)20(25)22-8-9-24-10-12-27-13-11-24/h2-7,14,18-19H,8-13H2,1H3,(H,22,25). The van der Waals surface area contributed by atoms with Crippen LogP contribution in [-0.2, 0) is 9.53 Å². The number of ether oxygens (including phenoxy) is 1. The molecule has 1 saturated heterocycles. The third-order valence-electron chi connectivity index (χ3n) is 5.53. The molecule has 148 valence electrons. The Hall–Kier alpha value is -2.22. The molecule has 0 aliphatic carbocycles. The van der Waals surface area contributed by atoms with Crippen molar-refractivity contribution in [1.29, 1.82) is 0 Å². The van der Waals surface area contributed by atoms with Crippen LogP contribution in [0.4, 0.5) is 0 Å². The molecule has 1 N–H and O–H groups in total. The molecule has 1 aromatic heterocycles. The molecule has 0 saturated carbocycles. The van der Waals surface area contributed by atoms with Gasteiger partial charge in [-0.05, 0) is 23.1 Å². The van der Waals surface area contributed by atoms with Crippen LogP contribution in [0.25, 0.3) is 0 Å². The maximum absolute atomic E-state index is 13.3. The van der Waals surface area contributed by atoms with Gasteiger partial charge in [-0.3, -0.25) is 14.5 Å². The zero-order chi connectivity index (χ0) is 19.5. The van der Waals surface area contributed by atoms with E-state index in [4.69, 9.17) is 4.74 Å². The van der Waals surface area contributed by atoms with Crippen LogP contribution in [0.2, 0.25) is 0 Å². The Kier molecular flexibility index (Phi) is 5.75. The van der Waals surface area contributed by atoms with E-state index in [1.165, 1.54) is 0 Å². The highest BCUT2D eigenvalue weighted by molar-refractivity contribution is 7.10. The number of benzene rings is 1. The molecular formula is C21H25N3O3S. The Morgan fingerprint density at radius 2 is 2.00 bits per heavy atom. The number of nitrogens with one attached hydrogen (secondary N) is 1. The lowest BCUT2D eigenvalue weighted by Crippen LogP contribution is -2.47. The zero-order valence-electron chi connectivity index (χ0n) is 16.0. The number of hydrogen-bond donors (Lipinski definition) is 1. The van der Waals surface area contributed by atoms with Gasteiger partial charge in [0.05, 0.1) is 25.2 Å². The highest BCUT2D eigenvalue weighted by Crippen LogP contribution is 2.43. The summed E-state index contributed by atoms with van der Waals surface area (Å²) in [4.78, 5) is 31.2. The number of rotatable bonds is 5. The van der Waals surface area contributed by atoms with Crippen molar-refractivity contribution in [3.63, 3.8) is 0 Å². The summed E-state index contributed by atoms with van der Waals surface area (Å²) >= 11 is 1.58. The van der Waals surface area contributed by atoms with Gasteiger partial charge in [0.1, 0.15) is 0 Å². The minimum atomic E-state index is -0.415. The molecule has 4 rings (SSSR count). The maximum atomic E-state index is 13.3. The van der Waals surface area contributed by atoms with E-state index in [1.807, 2.05) is 41.8 Å². The van der Waals surface area contributed by atoms with Crippen molar-refractivity contribution in [3.8, 4) is 0 Å². The first-order valence-electron chi connectivity index (χ1n) is 9.64. The normalized spacial score (nSPS) is 22.8. The number of thiophene rings is 1. The molecule has 2 amide bonds. The molecule has 2 aliphatic heterocycles. The van der Waals surface area contributed by atoms with Crippen molar-refractivity contribution < 1.29 is 14.3 Å². The van der Waals surface area contributed by atoms with Gasteiger partial charge in [-0.15, -0.1) is 11.3 Å². The third-order valence-corrected chi connectivity index (χ3v) is 6.47. The van der Waals surface area contributed by atoms with E-state index in [0.29, 0.717) is 12.1 Å². The molecule has 6 nitrogen and oxygen atoms in total. The smallest absolute Gasteiger partial charge is 0.254 e. The monoisotopic (exact) mass is 399 g/mol.